The number of aromatic nitrogens is 5. The molecule has 1 fully saturated rings. The van der Waals surface area contributed by atoms with Crippen molar-refractivity contribution in [3.05, 3.63) is 62.6 Å². The first-order chi connectivity index (χ1) is 17.3. The lowest BCUT2D eigenvalue weighted by Gasteiger charge is -2.31. The van der Waals surface area contributed by atoms with Crippen molar-refractivity contribution in [1.29, 1.82) is 0 Å². The SMILES string of the molecule is CC(C)=CCn1c(N2CCCC(N)C2)nc2c1c(=O)n(CC(=O)c1cccc3ocnc13)c(=O)n2C. The lowest BCUT2D eigenvalue weighted by Crippen LogP contribution is -2.44. The molecule has 1 aromatic carbocycles. The second-order valence-corrected chi connectivity index (χ2v) is 9.49. The summed E-state index contributed by atoms with van der Waals surface area (Å²) in [4.78, 5) is 51.1. The van der Waals surface area contributed by atoms with Crippen LogP contribution < -0.4 is 21.9 Å². The van der Waals surface area contributed by atoms with Crippen LogP contribution in [0, 0.1) is 0 Å². The van der Waals surface area contributed by atoms with E-state index in [1.165, 1.54) is 11.0 Å². The van der Waals surface area contributed by atoms with Gasteiger partial charge in [0.1, 0.15) is 5.52 Å². The Morgan fingerprint density at radius 2 is 2.06 bits per heavy atom. The maximum atomic E-state index is 13.7. The number of nitrogens with zero attached hydrogens (tertiary/aromatic N) is 6. The van der Waals surface area contributed by atoms with Crippen molar-refractivity contribution in [2.75, 3.05) is 18.0 Å². The summed E-state index contributed by atoms with van der Waals surface area (Å²) in [7, 11) is 1.56. The zero-order chi connectivity index (χ0) is 25.6. The Morgan fingerprint density at radius 3 is 2.81 bits per heavy atom. The third-order valence-corrected chi connectivity index (χ3v) is 6.60. The molecule has 1 unspecified atom stereocenters. The molecule has 4 heterocycles. The monoisotopic (exact) mass is 491 g/mol. The zero-order valence-corrected chi connectivity index (χ0v) is 20.6. The van der Waals surface area contributed by atoms with Gasteiger partial charge < -0.3 is 19.6 Å². The molecule has 1 aliphatic rings. The summed E-state index contributed by atoms with van der Waals surface area (Å²) in [6.45, 7) is 5.30. The predicted molar refractivity (Wildman–Crippen MR) is 136 cm³/mol. The average Bonchev–Trinajstić information content (AvgIpc) is 3.49. The molecule has 0 saturated carbocycles. The van der Waals surface area contributed by atoms with Gasteiger partial charge in [0.2, 0.25) is 5.95 Å². The molecule has 5 rings (SSSR count). The van der Waals surface area contributed by atoms with Crippen LogP contribution >= 0.6 is 0 Å². The van der Waals surface area contributed by atoms with E-state index in [2.05, 4.69) is 9.88 Å². The van der Waals surface area contributed by atoms with Gasteiger partial charge in [0.15, 0.2) is 28.9 Å². The lowest BCUT2D eigenvalue weighted by molar-refractivity contribution is 0.0970. The Balaban J connectivity index is 1.66. The van der Waals surface area contributed by atoms with Crippen LogP contribution in [0.4, 0.5) is 5.95 Å². The molecule has 2 N–H and O–H groups in total. The Kier molecular flexibility index (Phi) is 6.09. The molecule has 0 amide bonds. The maximum Gasteiger partial charge on any atom is 0.332 e. The summed E-state index contributed by atoms with van der Waals surface area (Å²) in [6, 6.07) is 4.99. The van der Waals surface area contributed by atoms with E-state index in [0.29, 0.717) is 30.1 Å². The van der Waals surface area contributed by atoms with Gasteiger partial charge in [-0.25, -0.2) is 9.78 Å². The van der Waals surface area contributed by atoms with Crippen molar-refractivity contribution >= 4 is 34.0 Å². The highest BCUT2D eigenvalue weighted by Crippen LogP contribution is 2.23. The van der Waals surface area contributed by atoms with Gasteiger partial charge in [-0.2, -0.15) is 4.98 Å². The second-order valence-electron chi connectivity index (χ2n) is 9.49. The highest BCUT2D eigenvalue weighted by Gasteiger charge is 2.27. The molecular weight excluding hydrogens is 462 g/mol. The molecule has 0 aliphatic carbocycles. The molecule has 36 heavy (non-hydrogen) atoms. The molecule has 4 aromatic rings. The Labute approximate surface area is 206 Å². The van der Waals surface area contributed by atoms with Crippen molar-refractivity contribution < 1.29 is 9.21 Å². The van der Waals surface area contributed by atoms with Gasteiger partial charge in [0.25, 0.3) is 5.56 Å². The maximum absolute atomic E-state index is 13.7. The number of allylic oxidation sites excluding steroid dienone is 2. The number of nitrogens with two attached hydrogens (primary N) is 1. The molecule has 1 saturated heterocycles. The number of fused-ring (bicyclic) bond motifs is 2. The molecule has 3 aromatic heterocycles. The highest BCUT2D eigenvalue weighted by molar-refractivity contribution is 6.05. The minimum atomic E-state index is -0.609. The average molecular weight is 492 g/mol. The molecule has 0 bridgehead atoms. The number of ketones is 1. The number of anilines is 1. The molecule has 1 aliphatic heterocycles. The quantitative estimate of drug-likeness (QED) is 0.319. The van der Waals surface area contributed by atoms with Gasteiger partial charge in [-0.3, -0.25) is 18.7 Å². The summed E-state index contributed by atoms with van der Waals surface area (Å²) in [5, 5.41) is 0. The number of carbonyl (C=O) groups is 1. The van der Waals surface area contributed by atoms with Gasteiger partial charge >= 0.3 is 5.69 Å². The molecular formula is C25H29N7O4. The van der Waals surface area contributed by atoms with Crippen LogP contribution in [-0.2, 0) is 20.1 Å². The van der Waals surface area contributed by atoms with E-state index in [-0.39, 0.29) is 22.8 Å². The normalized spacial score (nSPS) is 16.1. The topological polar surface area (TPSA) is 134 Å². The number of rotatable bonds is 6. The number of hydrogen-bond donors (Lipinski definition) is 1. The minimum Gasteiger partial charge on any atom is -0.443 e. The van der Waals surface area contributed by atoms with Gasteiger partial charge in [-0.1, -0.05) is 17.7 Å². The number of Topliss-reactive ketones (excluding diaryl/α,β-unsaturated/α-hetero) is 1. The summed E-state index contributed by atoms with van der Waals surface area (Å²) in [6.07, 6.45) is 5.10. The molecule has 0 spiro atoms. The summed E-state index contributed by atoms with van der Waals surface area (Å²) in [5.41, 5.74) is 7.83. The molecule has 11 nitrogen and oxygen atoms in total. The first-order valence-corrected chi connectivity index (χ1v) is 12.0. The fourth-order valence-electron chi connectivity index (χ4n) is 4.72. The number of oxazole rings is 1. The van der Waals surface area contributed by atoms with Crippen LogP contribution in [0.25, 0.3) is 22.3 Å². The molecule has 11 heteroatoms. The van der Waals surface area contributed by atoms with Crippen molar-refractivity contribution in [2.45, 2.75) is 45.8 Å². The molecule has 188 valence electrons. The van der Waals surface area contributed by atoms with Crippen LogP contribution in [0.5, 0.6) is 0 Å². The number of benzene rings is 1. The molecule has 1 atom stereocenters. The van der Waals surface area contributed by atoms with Crippen LogP contribution in [0.3, 0.4) is 0 Å². The van der Waals surface area contributed by atoms with E-state index in [0.717, 1.165) is 29.5 Å². The van der Waals surface area contributed by atoms with E-state index in [4.69, 9.17) is 15.1 Å². The van der Waals surface area contributed by atoms with Gasteiger partial charge in [-0.15, -0.1) is 0 Å². The van der Waals surface area contributed by atoms with Crippen molar-refractivity contribution in [2.24, 2.45) is 12.8 Å². The van der Waals surface area contributed by atoms with Crippen LogP contribution in [0.15, 0.2) is 50.2 Å². The van der Waals surface area contributed by atoms with E-state index < -0.39 is 23.6 Å². The summed E-state index contributed by atoms with van der Waals surface area (Å²) < 4.78 is 9.40. The minimum absolute atomic E-state index is 0.00723. The summed E-state index contributed by atoms with van der Waals surface area (Å²) >= 11 is 0. The Bertz CT molecular complexity index is 1620. The fourth-order valence-corrected chi connectivity index (χ4v) is 4.72. The van der Waals surface area contributed by atoms with Gasteiger partial charge in [0.05, 0.1) is 6.54 Å². The first kappa shape index (κ1) is 23.7. The van der Waals surface area contributed by atoms with Crippen LogP contribution in [0.2, 0.25) is 0 Å². The van der Waals surface area contributed by atoms with E-state index in [9.17, 15) is 14.4 Å². The largest absolute Gasteiger partial charge is 0.443 e. The molecule has 0 radical (unpaired) electrons. The van der Waals surface area contributed by atoms with Crippen molar-refractivity contribution in [3.8, 4) is 0 Å². The van der Waals surface area contributed by atoms with Crippen LogP contribution in [0.1, 0.15) is 37.0 Å². The number of aryl methyl sites for hydroxylation is 1. The third kappa shape index (κ3) is 4.05. The number of imidazole rings is 1. The Hall–Kier alpha value is -3.99. The van der Waals surface area contributed by atoms with Gasteiger partial charge in [0, 0.05) is 38.3 Å². The van der Waals surface area contributed by atoms with Gasteiger partial charge in [-0.05, 0) is 38.8 Å². The van der Waals surface area contributed by atoms with Crippen molar-refractivity contribution in [1.82, 2.24) is 23.7 Å². The van der Waals surface area contributed by atoms with E-state index in [1.54, 1.807) is 25.2 Å². The van der Waals surface area contributed by atoms with Crippen LogP contribution in [-0.4, -0.2) is 48.6 Å². The third-order valence-electron chi connectivity index (χ3n) is 6.60. The second kappa shape index (κ2) is 9.23. The summed E-state index contributed by atoms with van der Waals surface area (Å²) in [5.74, 6) is 0.187. The van der Waals surface area contributed by atoms with E-state index in [1.807, 2.05) is 24.5 Å². The highest BCUT2D eigenvalue weighted by atomic mass is 16.3. The number of carbonyl (C=O) groups excluding carboxylic acids is 1. The first-order valence-electron chi connectivity index (χ1n) is 12.0. The lowest BCUT2D eigenvalue weighted by atomic mass is 10.1. The smallest absolute Gasteiger partial charge is 0.332 e. The van der Waals surface area contributed by atoms with E-state index >= 15 is 0 Å². The van der Waals surface area contributed by atoms with Crippen molar-refractivity contribution in [3.63, 3.8) is 0 Å². The predicted octanol–water partition coefficient (Wildman–Crippen LogP) is 1.81. The fraction of sp³-hybridized carbons (Fsp3) is 0.400. The standard InChI is InChI=1S/C25H29N7O4/c1-15(2)9-11-31-21-22(28-24(31)30-10-5-6-16(26)12-30)29(3)25(35)32(23(21)34)13-18(33)17-7-4-8-19-20(17)27-14-36-19/h4,7-9,14,16H,5-6,10-13,26H2,1-3H3. The number of hydrogen-bond acceptors (Lipinski definition) is 8. The number of para-hydroxylation sites is 1. The Morgan fingerprint density at radius 1 is 1.25 bits per heavy atom. The zero-order valence-electron chi connectivity index (χ0n) is 20.6. The number of piperidine rings is 1.